The van der Waals surface area contributed by atoms with Crippen LogP contribution in [0.3, 0.4) is 0 Å². The average molecular weight is 1310 g/mol. The zero-order valence-corrected chi connectivity index (χ0v) is 58.0. The molecule has 0 unspecified atom stereocenters. The summed E-state index contributed by atoms with van der Waals surface area (Å²) in [6.45, 7) is 19.0. The van der Waals surface area contributed by atoms with E-state index in [1.54, 1.807) is 52.5 Å². The molecule has 0 N–H and O–H groups in total. The maximum Gasteiger partial charge on any atom is 0.350 e. The number of thioether (sulfide) groups is 1. The van der Waals surface area contributed by atoms with Gasteiger partial charge in [0.25, 0.3) is 0 Å². The highest BCUT2D eigenvalue weighted by Crippen LogP contribution is 2.30. The number of ketones is 1. The van der Waals surface area contributed by atoms with E-state index in [0.29, 0.717) is 75.6 Å². The molecular weight excluding hydrogens is 1220 g/mol. The van der Waals surface area contributed by atoms with Crippen LogP contribution in [0.4, 0.5) is 0 Å². The summed E-state index contributed by atoms with van der Waals surface area (Å²) in [6.07, 6.45) is 10.1. The molecule has 0 amide bonds. The lowest BCUT2D eigenvalue weighted by Crippen LogP contribution is -2.16. The highest BCUT2D eigenvalue weighted by atomic mass is 32.2. The third kappa shape index (κ3) is 29.7. The van der Waals surface area contributed by atoms with Gasteiger partial charge in [0, 0.05) is 84.4 Å². The topological polar surface area (TPSA) is 202 Å². The fourth-order valence-electron chi connectivity index (χ4n) is 7.73. The Labute approximate surface area is 547 Å². The van der Waals surface area contributed by atoms with Crippen LogP contribution in [0.25, 0.3) is 21.1 Å². The Bertz CT molecular complexity index is 3250. The number of rotatable bonds is 28. The molecule has 0 saturated heterocycles. The quantitative estimate of drug-likeness (QED) is 0.0331. The second kappa shape index (κ2) is 42.4. The minimum Gasteiger partial charge on any atom is -0.465 e. The summed E-state index contributed by atoms with van der Waals surface area (Å²) < 4.78 is 17.1. The van der Waals surface area contributed by atoms with Gasteiger partial charge in [0.05, 0.1) is 64.1 Å². The van der Waals surface area contributed by atoms with Crippen molar-refractivity contribution in [2.75, 3.05) is 60.2 Å². The molecule has 0 spiro atoms. The molecule has 22 heteroatoms. The van der Waals surface area contributed by atoms with Crippen molar-refractivity contribution in [1.82, 2.24) is 44.7 Å². The van der Waals surface area contributed by atoms with Crippen molar-refractivity contribution in [3.05, 3.63) is 161 Å². The van der Waals surface area contributed by atoms with Crippen molar-refractivity contribution in [3.63, 3.8) is 0 Å². The average Bonchev–Trinajstić information content (AvgIpc) is 4.49. The number of thiazole rings is 4. The smallest absolute Gasteiger partial charge is 0.350 e. The van der Waals surface area contributed by atoms with Crippen LogP contribution in [0.5, 0.6) is 0 Å². The lowest BCUT2D eigenvalue weighted by molar-refractivity contribution is -0.144. The number of esters is 3. The van der Waals surface area contributed by atoms with Gasteiger partial charge < -0.3 is 24.0 Å². The van der Waals surface area contributed by atoms with E-state index >= 15 is 0 Å². The van der Waals surface area contributed by atoms with E-state index in [4.69, 9.17) is 14.2 Å². The Hall–Kier alpha value is -6.66. The van der Waals surface area contributed by atoms with Crippen LogP contribution in [-0.2, 0) is 72.2 Å². The Morgan fingerprint density at radius 1 is 0.584 bits per heavy atom. The monoisotopic (exact) mass is 1310 g/mol. The Morgan fingerprint density at radius 3 is 1.71 bits per heavy atom. The molecule has 480 valence electrons. The van der Waals surface area contributed by atoms with Crippen LogP contribution in [0, 0.1) is 27.7 Å². The number of nitrogens with zero attached hydrogens (tertiary/aromatic N) is 9. The first-order valence-corrected chi connectivity index (χ1v) is 34.4. The molecule has 3 aromatic carbocycles. The number of hydrogen-bond donors (Lipinski definition) is 0. The lowest BCUT2D eigenvalue weighted by Gasteiger charge is -2.07. The van der Waals surface area contributed by atoms with Gasteiger partial charge in [-0.05, 0) is 99.1 Å². The van der Waals surface area contributed by atoms with Crippen molar-refractivity contribution in [3.8, 4) is 21.1 Å². The largest absolute Gasteiger partial charge is 0.465 e. The number of ether oxygens (including phenoxy) is 3. The Balaban J connectivity index is 0.000000239. The molecule has 0 aliphatic carbocycles. The van der Waals surface area contributed by atoms with Crippen LogP contribution < -0.4 is 0 Å². The van der Waals surface area contributed by atoms with Gasteiger partial charge in [0.2, 0.25) is 0 Å². The minimum absolute atomic E-state index is 0.177. The summed E-state index contributed by atoms with van der Waals surface area (Å²) in [5.74, 6) is 0.613. The Kier molecular flexibility index (Phi) is 35.6. The summed E-state index contributed by atoms with van der Waals surface area (Å²) in [7, 11) is 7.96. The van der Waals surface area contributed by atoms with E-state index in [-0.39, 0.29) is 23.0 Å². The van der Waals surface area contributed by atoms with Gasteiger partial charge in [-0.15, -0.1) is 50.4 Å². The molecule has 0 atom stereocenters. The van der Waals surface area contributed by atoms with E-state index in [0.717, 1.165) is 105 Å². The number of hydrogen-bond acceptors (Lipinski definition) is 21. The molecular formula is C67H89N9O8S5. The van der Waals surface area contributed by atoms with E-state index in [9.17, 15) is 24.0 Å². The van der Waals surface area contributed by atoms with Gasteiger partial charge in [0.15, 0.2) is 5.12 Å². The van der Waals surface area contributed by atoms with Crippen LogP contribution in [-0.4, -0.2) is 134 Å². The predicted octanol–water partition coefficient (Wildman–Crippen LogP) is 14.1. The molecule has 0 saturated carbocycles. The van der Waals surface area contributed by atoms with Crippen LogP contribution in [0.15, 0.2) is 102 Å². The van der Waals surface area contributed by atoms with E-state index in [2.05, 4.69) is 61.4 Å². The second-order valence-corrected chi connectivity index (χ2v) is 26.0. The predicted molar refractivity (Wildman–Crippen MR) is 364 cm³/mol. The third-order valence-electron chi connectivity index (χ3n) is 13.0. The van der Waals surface area contributed by atoms with Crippen molar-refractivity contribution >= 4 is 85.9 Å². The third-order valence-corrected chi connectivity index (χ3v) is 18.3. The van der Waals surface area contributed by atoms with Gasteiger partial charge in [-0.3, -0.25) is 19.2 Å². The summed E-state index contributed by atoms with van der Waals surface area (Å²) in [5, 5.41) is 10.3. The number of Topliss-reactive ketones (excluding diaryl/α,β-unsaturated/α-hetero) is 1. The summed E-state index contributed by atoms with van der Waals surface area (Å²) in [5.41, 5.74) is 13.1. The van der Waals surface area contributed by atoms with Crippen molar-refractivity contribution < 1.29 is 38.2 Å². The summed E-state index contributed by atoms with van der Waals surface area (Å²) in [4.78, 5) is 82.6. The fourth-order valence-corrected chi connectivity index (χ4v) is 12.2. The first-order chi connectivity index (χ1) is 42.8. The maximum absolute atomic E-state index is 11.8. The highest BCUT2D eigenvalue weighted by Gasteiger charge is 2.18. The zero-order chi connectivity index (χ0) is 64.9. The van der Waals surface area contributed by atoms with Crippen molar-refractivity contribution in [1.29, 1.82) is 0 Å². The number of benzene rings is 3. The normalized spacial score (nSPS) is 10.6. The maximum atomic E-state index is 11.8. The SMILES string of the molecule is CCC(=O)OCCc1cn(Cc2ccc(CC)cc2)nn1.CCC(=O)OCc1sc(-c2ccccc2)nc1C.CCCOC(=O)c1sc(-c2ccccc2)nc1C.Cc1ncsc1CCCC(=O)CCN(C)C.Cc1ncsc1CCSC(=O)CCN(C)C. The fraction of sp³-hybridized carbons (Fsp3) is 0.448. The van der Waals surface area contributed by atoms with Gasteiger partial charge in [-0.25, -0.2) is 29.4 Å². The van der Waals surface area contributed by atoms with Gasteiger partial charge in [0.1, 0.15) is 27.3 Å². The van der Waals surface area contributed by atoms with Crippen LogP contribution in [0.2, 0.25) is 0 Å². The highest BCUT2D eigenvalue weighted by molar-refractivity contribution is 8.13. The van der Waals surface area contributed by atoms with Crippen molar-refractivity contribution in [2.45, 2.75) is 139 Å². The number of aromatic nitrogens is 7. The molecule has 0 bridgehead atoms. The summed E-state index contributed by atoms with van der Waals surface area (Å²) >= 11 is 7.77. The molecule has 5 heterocycles. The molecule has 5 aromatic heterocycles. The molecule has 0 radical (unpaired) electrons. The number of carbonyl (C=O) groups excluding carboxylic acids is 5. The first kappa shape index (κ1) is 74.8. The summed E-state index contributed by atoms with van der Waals surface area (Å²) in [6, 6.07) is 28.4. The number of aryl methyl sites for hydroxylation is 7. The Morgan fingerprint density at radius 2 is 1.15 bits per heavy atom. The van der Waals surface area contributed by atoms with Crippen molar-refractivity contribution in [2.24, 2.45) is 0 Å². The first-order valence-electron chi connectivity index (χ1n) is 30.1. The number of carbonyl (C=O) groups is 5. The van der Waals surface area contributed by atoms with Gasteiger partial charge in [-0.2, -0.15) is 0 Å². The zero-order valence-electron chi connectivity index (χ0n) is 53.9. The van der Waals surface area contributed by atoms with E-state index < -0.39 is 0 Å². The molecule has 89 heavy (non-hydrogen) atoms. The van der Waals surface area contributed by atoms with E-state index in [1.807, 2.05) is 150 Å². The lowest BCUT2D eigenvalue weighted by atomic mass is 10.1. The van der Waals surface area contributed by atoms with Gasteiger partial charge >= 0.3 is 17.9 Å². The molecule has 0 aliphatic heterocycles. The van der Waals surface area contributed by atoms with E-state index in [1.165, 1.54) is 44.0 Å². The standard InChI is InChI=1S/C16H21N3O2.2C14H15NO2S.C12H20N2OS.C11H18N2OS2/c1-3-13-5-7-14(8-6-13)11-19-12-15(17-18-19)9-10-21-16(20)4-2;1-3-13(16)17-9-12-10(2)15-14(18-12)11-7-5-4-6-8-11;1-3-9-17-14(16)12-10(2)15-13(18-12)11-7-5-4-6-8-11;1-10-12(16-9-13-10)6-4-5-11(15)7-8-14(2)3;1-9-10(16-8-12-9)5-7-15-11(14)4-6-13(2)3/h5-8,12H,3-4,9-11H2,1-2H3;2*4-8H,3,9H2,1-2H3;9H,4-8H2,1-3H3;8H,4-7H2,1-3H3. The van der Waals surface area contributed by atoms with Gasteiger partial charge in [-0.1, -0.05) is 130 Å². The minimum atomic E-state index is -0.269. The molecule has 8 aromatic rings. The molecule has 0 aliphatic rings. The molecule has 8 rings (SSSR count). The van der Waals surface area contributed by atoms with Crippen LogP contribution in [0.1, 0.15) is 137 Å². The molecule has 0 fully saturated rings. The second-order valence-electron chi connectivity index (χ2n) is 20.9. The molecule has 17 nitrogen and oxygen atoms in total. The van der Waals surface area contributed by atoms with Crippen LogP contribution >= 0.6 is 57.1 Å².